The molecule has 2 heterocycles. The second-order valence-corrected chi connectivity index (χ2v) is 7.15. The Morgan fingerprint density at radius 1 is 1.00 bits per heavy atom. The summed E-state index contributed by atoms with van der Waals surface area (Å²) in [6, 6.07) is 17.3. The normalized spacial score (nSPS) is 18.6. The van der Waals surface area contributed by atoms with E-state index in [9.17, 15) is 9.59 Å². The van der Waals surface area contributed by atoms with Gasteiger partial charge in [0.2, 0.25) is 5.91 Å². The summed E-state index contributed by atoms with van der Waals surface area (Å²) in [4.78, 5) is 29.2. The molecule has 0 bridgehead atoms. The Balaban J connectivity index is 1.43. The lowest BCUT2D eigenvalue weighted by Gasteiger charge is -2.38. The number of anilines is 1. The molecule has 7 heteroatoms. The van der Waals surface area contributed by atoms with Crippen molar-refractivity contribution in [2.45, 2.75) is 12.6 Å². The second-order valence-electron chi connectivity index (χ2n) is 7.15. The first-order chi connectivity index (χ1) is 14.2. The Kier molecular flexibility index (Phi) is 5.95. The zero-order valence-corrected chi connectivity index (χ0v) is 16.3. The van der Waals surface area contributed by atoms with E-state index < -0.39 is 6.10 Å². The van der Waals surface area contributed by atoms with Crippen molar-refractivity contribution < 1.29 is 19.1 Å². The zero-order chi connectivity index (χ0) is 20.1. The summed E-state index contributed by atoms with van der Waals surface area (Å²) in [6.07, 6.45) is -0.634. The van der Waals surface area contributed by atoms with Crippen LogP contribution < -0.4 is 15.0 Å². The lowest BCUT2D eigenvalue weighted by molar-refractivity contribution is -0.142. The van der Waals surface area contributed by atoms with Gasteiger partial charge in [0.15, 0.2) is 6.10 Å². The van der Waals surface area contributed by atoms with Gasteiger partial charge in [0.05, 0.1) is 32.0 Å². The minimum absolute atomic E-state index is 0.0579. The third-order valence-corrected chi connectivity index (χ3v) is 5.13. The Labute approximate surface area is 170 Å². The number of ether oxygens (including phenoxy) is 2. The van der Waals surface area contributed by atoms with E-state index in [0.717, 1.165) is 11.3 Å². The van der Waals surface area contributed by atoms with E-state index in [1.165, 1.54) is 0 Å². The van der Waals surface area contributed by atoms with Crippen molar-refractivity contribution in [3.63, 3.8) is 0 Å². The summed E-state index contributed by atoms with van der Waals surface area (Å²) in [7, 11) is 0. The van der Waals surface area contributed by atoms with Gasteiger partial charge >= 0.3 is 0 Å². The molecular weight excluding hydrogens is 370 g/mol. The molecule has 0 radical (unpaired) electrons. The average molecular weight is 395 g/mol. The van der Waals surface area contributed by atoms with Gasteiger partial charge in [-0.1, -0.05) is 42.5 Å². The van der Waals surface area contributed by atoms with Gasteiger partial charge in [-0.2, -0.15) is 0 Å². The predicted molar refractivity (Wildman–Crippen MR) is 109 cm³/mol. The molecule has 0 spiro atoms. The Bertz CT molecular complexity index is 852. The summed E-state index contributed by atoms with van der Waals surface area (Å²) >= 11 is 0. The van der Waals surface area contributed by atoms with E-state index in [4.69, 9.17) is 9.47 Å². The van der Waals surface area contributed by atoms with Crippen LogP contribution in [0.25, 0.3) is 0 Å². The summed E-state index contributed by atoms with van der Waals surface area (Å²) in [5.41, 5.74) is 1.87. The van der Waals surface area contributed by atoms with Crippen molar-refractivity contribution in [1.82, 2.24) is 10.2 Å². The van der Waals surface area contributed by atoms with Gasteiger partial charge in [-0.3, -0.25) is 9.59 Å². The molecule has 1 atom stereocenters. The molecule has 0 unspecified atom stereocenters. The summed E-state index contributed by atoms with van der Waals surface area (Å²) in [5.74, 6) is 0.474. The molecule has 2 amide bonds. The van der Waals surface area contributed by atoms with Crippen LogP contribution in [-0.2, 0) is 20.9 Å². The van der Waals surface area contributed by atoms with Crippen LogP contribution in [0.4, 0.5) is 5.69 Å². The van der Waals surface area contributed by atoms with Gasteiger partial charge in [0.1, 0.15) is 5.75 Å². The van der Waals surface area contributed by atoms with Crippen LogP contribution in [0.15, 0.2) is 54.6 Å². The fourth-order valence-corrected chi connectivity index (χ4v) is 3.60. The van der Waals surface area contributed by atoms with Crippen molar-refractivity contribution in [3.05, 3.63) is 60.2 Å². The molecule has 152 valence electrons. The fourth-order valence-electron chi connectivity index (χ4n) is 3.60. The van der Waals surface area contributed by atoms with E-state index in [2.05, 4.69) is 5.32 Å². The lowest BCUT2D eigenvalue weighted by Crippen LogP contribution is -2.54. The van der Waals surface area contributed by atoms with Crippen molar-refractivity contribution in [3.8, 4) is 5.75 Å². The van der Waals surface area contributed by atoms with Crippen molar-refractivity contribution in [2.75, 3.05) is 44.3 Å². The fraction of sp³-hybridized carbons (Fsp3) is 0.364. The van der Waals surface area contributed by atoms with Gasteiger partial charge < -0.3 is 24.6 Å². The maximum absolute atomic E-state index is 12.9. The molecule has 29 heavy (non-hydrogen) atoms. The topological polar surface area (TPSA) is 71.1 Å². The van der Waals surface area contributed by atoms with Crippen LogP contribution in [0.3, 0.4) is 0 Å². The summed E-state index contributed by atoms with van der Waals surface area (Å²) in [5, 5.41) is 2.95. The number of rotatable bonds is 5. The van der Waals surface area contributed by atoms with Crippen molar-refractivity contribution >= 4 is 17.5 Å². The van der Waals surface area contributed by atoms with Gasteiger partial charge in [0.25, 0.3) is 5.91 Å². The number of fused-ring (bicyclic) bond motifs is 1. The van der Waals surface area contributed by atoms with Gasteiger partial charge in [0, 0.05) is 19.6 Å². The lowest BCUT2D eigenvalue weighted by atomic mass is 10.1. The van der Waals surface area contributed by atoms with E-state index in [1.54, 1.807) is 4.90 Å². The summed E-state index contributed by atoms with van der Waals surface area (Å²) < 4.78 is 11.3. The summed E-state index contributed by atoms with van der Waals surface area (Å²) in [6.45, 7) is 3.20. The standard InChI is InChI=1S/C22H25N3O4/c26-21(23-14-17-6-2-1-3-7-17)16-25-15-20(22(27)24-10-12-28-13-11-24)29-19-9-5-4-8-18(19)25/h1-9,20H,10-16H2,(H,23,26)/t20-/m0/s1. The van der Waals surface area contributed by atoms with Crippen LogP contribution in [-0.4, -0.2) is 62.2 Å². The first kappa shape index (κ1) is 19.3. The Morgan fingerprint density at radius 3 is 2.52 bits per heavy atom. The average Bonchev–Trinajstić information content (AvgIpc) is 2.78. The SMILES string of the molecule is O=C(CN1C[C@@H](C(=O)N2CCOCC2)Oc2ccccc21)NCc1ccccc1. The number of morpholine rings is 1. The highest BCUT2D eigenvalue weighted by molar-refractivity contribution is 5.86. The van der Waals surface area contributed by atoms with Crippen LogP contribution >= 0.6 is 0 Å². The molecule has 1 N–H and O–H groups in total. The molecule has 4 rings (SSSR count). The highest BCUT2D eigenvalue weighted by Gasteiger charge is 2.34. The Hall–Kier alpha value is -3.06. The number of carbonyl (C=O) groups excluding carboxylic acids is 2. The molecule has 2 aromatic rings. The van der Waals surface area contributed by atoms with E-state index in [1.807, 2.05) is 59.5 Å². The van der Waals surface area contributed by atoms with Crippen molar-refractivity contribution in [2.24, 2.45) is 0 Å². The van der Waals surface area contributed by atoms with Crippen LogP contribution in [0, 0.1) is 0 Å². The smallest absolute Gasteiger partial charge is 0.265 e. The molecule has 1 saturated heterocycles. The minimum atomic E-state index is -0.634. The number of hydrogen-bond acceptors (Lipinski definition) is 5. The minimum Gasteiger partial charge on any atom is -0.477 e. The van der Waals surface area contributed by atoms with Crippen molar-refractivity contribution in [1.29, 1.82) is 0 Å². The third kappa shape index (κ3) is 4.68. The zero-order valence-electron chi connectivity index (χ0n) is 16.3. The highest BCUT2D eigenvalue weighted by Crippen LogP contribution is 2.33. The number of nitrogens with one attached hydrogen (secondary N) is 1. The molecule has 2 aromatic carbocycles. The molecule has 2 aliphatic rings. The maximum atomic E-state index is 12.9. The maximum Gasteiger partial charge on any atom is 0.265 e. The first-order valence-corrected chi connectivity index (χ1v) is 9.88. The van der Waals surface area contributed by atoms with Crippen LogP contribution in [0.1, 0.15) is 5.56 Å². The largest absolute Gasteiger partial charge is 0.477 e. The molecule has 0 saturated carbocycles. The molecule has 2 aliphatic heterocycles. The highest BCUT2D eigenvalue weighted by atomic mass is 16.5. The number of para-hydroxylation sites is 2. The third-order valence-electron chi connectivity index (χ3n) is 5.13. The van der Waals surface area contributed by atoms with E-state index >= 15 is 0 Å². The number of hydrogen-bond donors (Lipinski definition) is 1. The number of carbonyl (C=O) groups is 2. The molecule has 1 fully saturated rings. The Morgan fingerprint density at radius 2 is 1.72 bits per heavy atom. The van der Waals surface area contributed by atoms with E-state index in [0.29, 0.717) is 45.1 Å². The molecule has 7 nitrogen and oxygen atoms in total. The molecular formula is C22H25N3O4. The van der Waals surface area contributed by atoms with Crippen LogP contribution in [0.5, 0.6) is 5.75 Å². The molecule has 0 aromatic heterocycles. The predicted octanol–water partition coefficient (Wildman–Crippen LogP) is 1.43. The number of nitrogens with zero attached hydrogens (tertiary/aromatic N) is 2. The van der Waals surface area contributed by atoms with Crippen LogP contribution in [0.2, 0.25) is 0 Å². The van der Waals surface area contributed by atoms with Gasteiger partial charge in [-0.15, -0.1) is 0 Å². The van der Waals surface area contributed by atoms with Gasteiger partial charge in [-0.05, 0) is 17.7 Å². The number of amides is 2. The van der Waals surface area contributed by atoms with E-state index in [-0.39, 0.29) is 18.4 Å². The first-order valence-electron chi connectivity index (χ1n) is 9.88. The monoisotopic (exact) mass is 395 g/mol. The molecule has 0 aliphatic carbocycles. The number of benzene rings is 2. The van der Waals surface area contributed by atoms with Gasteiger partial charge in [-0.25, -0.2) is 0 Å². The quantitative estimate of drug-likeness (QED) is 0.829. The second kappa shape index (κ2) is 8.96.